The van der Waals surface area contributed by atoms with E-state index in [1.807, 2.05) is 0 Å². The monoisotopic (exact) mass is 328 g/mol. The highest BCUT2D eigenvalue weighted by molar-refractivity contribution is 6.31. The van der Waals surface area contributed by atoms with Crippen LogP contribution in [0.15, 0.2) is 24.4 Å². The number of amides is 1. The summed E-state index contributed by atoms with van der Waals surface area (Å²) in [5.74, 6) is -0.867. The Hall–Kier alpha value is -1.92. The molecule has 0 saturated heterocycles. The Balaban J connectivity index is 2.10. The molecule has 0 unspecified atom stereocenters. The number of nitrogens with two attached hydrogens (primary N) is 1. The largest absolute Gasteiger partial charge is 0.369 e. The molecule has 110 valence electrons. The lowest BCUT2D eigenvalue weighted by atomic mass is 10.1. The van der Waals surface area contributed by atoms with Crippen molar-refractivity contribution < 1.29 is 9.18 Å². The number of primary amides is 1. The van der Waals surface area contributed by atoms with Crippen LogP contribution in [0.4, 0.5) is 10.2 Å². The van der Waals surface area contributed by atoms with Crippen LogP contribution in [0.2, 0.25) is 10.3 Å². The smallest absolute Gasteiger partial charge is 0.254 e. The number of nitrogens with one attached hydrogen (secondary N) is 1. The van der Waals surface area contributed by atoms with E-state index in [1.54, 1.807) is 6.07 Å². The van der Waals surface area contributed by atoms with E-state index >= 15 is 0 Å². The molecule has 0 aliphatic carbocycles. The van der Waals surface area contributed by atoms with E-state index in [9.17, 15) is 9.18 Å². The third kappa shape index (κ3) is 3.80. The van der Waals surface area contributed by atoms with Gasteiger partial charge in [-0.05, 0) is 30.2 Å². The normalized spacial score (nSPS) is 10.4. The zero-order valence-corrected chi connectivity index (χ0v) is 12.2. The maximum Gasteiger partial charge on any atom is 0.254 e. The number of hydrogen-bond donors (Lipinski definition) is 2. The first-order chi connectivity index (χ1) is 9.99. The van der Waals surface area contributed by atoms with Crippen molar-refractivity contribution in [3.8, 4) is 0 Å². The molecule has 1 amide bonds. The van der Waals surface area contributed by atoms with Crippen molar-refractivity contribution in [1.29, 1.82) is 0 Å². The third-order valence-electron chi connectivity index (χ3n) is 2.75. The highest BCUT2D eigenvalue weighted by Gasteiger charge is 2.12. The molecule has 1 heterocycles. The summed E-state index contributed by atoms with van der Waals surface area (Å²) in [6.45, 7) is 0.300. The fourth-order valence-electron chi connectivity index (χ4n) is 1.75. The molecule has 21 heavy (non-hydrogen) atoms. The quantitative estimate of drug-likeness (QED) is 0.827. The lowest BCUT2D eigenvalue weighted by Crippen LogP contribution is -2.17. The number of anilines is 1. The highest BCUT2D eigenvalue weighted by Crippen LogP contribution is 2.20. The minimum Gasteiger partial charge on any atom is -0.369 e. The molecule has 0 aliphatic rings. The van der Waals surface area contributed by atoms with Crippen LogP contribution in [-0.4, -0.2) is 22.4 Å². The van der Waals surface area contributed by atoms with E-state index in [-0.39, 0.29) is 22.5 Å². The Morgan fingerprint density at radius 3 is 2.81 bits per heavy atom. The summed E-state index contributed by atoms with van der Waals surface area (Å²) in [6.07, 6.45) is 1.54. The van der Waals surface area contributed by atoms with E-state index in [0.29, 0.717) is 23.6 Å². The fraction of sp³-hybridized carbons (Fsp3) is 0.154. The van der Waals surface area contributed by atoms with Crippen LogP contribution in [0, 0.1) is 5.82 Å². The number of nitrogens with zero attached hydrogens (tertiary/aromatic N) is 2. The number of benzene rings is 1. The first-order valence-corrected chi connectivity index (χ1v) is 6.73. The van der Waals surface area contributed by atoms with Crippen LogP contribution in [0.3, 0.4) is 0 Å². The van der Waals surface area contributed by atoms with Crippen molar-refractivity contribution in [2.75, 3.05) is 11.9 Å². The first-order valence-electron chi connectivity index (χ1n) is 5.98. The summed E-state index contributed by atoms with van der Waals surface area (Å²) in [5, 5.41) is 3.20. The minimum absolute atomic E-state index is 0.0218. The Bertz CT molecular complexity index is 661. The predicted molar refractivity (Wildman–Crippen MR) is 79.2 cm³/mol. The van der Waals surface area contributed by atoms with Crippen LogP contribution >= 0.6 is 23.2 Å². The van der Waals surface area contributed by atoms with Crippen molar-refractivity contribution in [2.24, 2.45) is 5.73 Å². The molecule has 0 aliphatic heterocycles. The molecular weight excluding hydrogens is 318 g/mol. The number of halogens is 3. The summed E-state index contributed by atoms with van der Waals surface area (Å²) < 4.78 is 13.6. The van der Waals surface area contributed by atoms with Crippen molar-refractivity contribution in [2.45, 2.75) is 6.42 Å². The third-order valence-corrected chi connectivity index (χ3v) is 3.29. The average Bonchev–Trinajstić information content (AvgIpc) is 2.42. The van der Waals surface area contributed by atoms with Gasteiger partial charge in [-0.3, -0.25) is 4.79 Å². The summed E-state index contributed by atoms with van der Waals surface area (Å²) in [4.78, 5) is 18.8. The molecule has 0 spiro atoms. The summed E-state index contributed by atoms with van der Waals surface area (Å²) in [7, 11) is 0. The Labute approximate surface area is 130 Å². The number of carbonyl (C=O) groups excluding carboxylic acids is 1. The van der Waals surface area contributed by atoms with Crippen molar-refractivity contribution in [1.82, 2.24) is 9.97 Å². The van der Waals surface area contributed by atoms with Gasteiger partial charge in [0.25, 0.3) is 5.91 Å². The summed E-state index contributed by atoms with van der Waals surface area (Å²) in [5.41, 5.74) is 5.70. The molecule has 3 N–H and O–H groups in total. The fourth-order valence-corrected chi connectivity index (χ4v) is 2.14. The van der Waals surface area contributed by atoms with Gasteiger partial charge in [-0.15, -0.1) is 0 Å². The number of hydrogen-bond acceptors (Lipinski definition) is 4. The van der Waals surface area contributed by atoms with Gasteiger partial charge in [0.2, 0.25) is 5.28 Å². The van der Waals surface area contributed by atoms with Crippen molar-refractivity contribution >= 4 is 34.9 Å². The van der Waals surface area contributed by atoms with Crippen LogP contribution in [-0.2, 0) is 6.42 Å². The molecule has 0 atom stereocenters. The van der Waals surface area contributed by atoms with E-state index in [0.717, 1.165) is 0 Å². The molecule has 5 nitrogen and oxygen atoms in total. The second-order valence-electron chi connectivity index (χ2n) is 4.14. The summed E-state index contributed by atoms with van der Waals surface area (Å²) in [6, 6.07) is 4.47. The highest BCUT2D eigenvalue weighted by atomic mass is 35.5. The molecule has 8 heteroatoms. The predicted octanol–water partition coefficient (Wildman–Crippen LogP) is 2.68. The zero-order chi connectivity index (χ0) is 15.4. The minimum atomic E-state index is -0.682. The summed E-state index contributed by atoms with van der Waals surface area (Å²) >= 11 is 11.6. The molecule has 0 fully saturated rings. The van der Waals surface area contributed by atoms with Crippen molar-refractivity contribution in [3.05, 3.63) is 51.6 Å². The van der Waals surface area contributed by atoms with Crippen LogP contribution in [0.1, 0.15) is 15.9 Å². The second-order valence-corrected chi connectivity index (χ2v) is 4.89. The van der Waals surface area contributed by atoms with Crippen LogP contribution < -0.4 is 11.1 Å². The van der Waals surface area contributed by atoms with Gasteiger partial charge >= 0.3 is 0 Å². The molecule has 0 radical (unpaired) electrons. The molecule has 2 aromatic rings. The Morgan fingerprint density at radius 1 is 1.38 bits per heavy atom. The van der Waals surface area contributed by atoms with Gasteiger partial charge < -0.3 is 11.1 Å². The van der Waals surface area contributed by atoms with E-state index in [1.165, 1.54) is 18.3 Å². The van der Waals surface area contributed by atoms with E-state index < -0.39 is 5.91 Å². The number of aromatic nitrogens is 2. The van der Waals surface area contributed by atoms with Gasteiger partial charge in [-0.25, -0.2) is 9.37 Å². The molecule has 1 aromatic heterocycles. The molecule has 0 bridgehead atoms. The Kier molecular flexibility index (Phi) is 4.93. The SMILES string of the molecule is NC(=O)c1cnc(Cl)nc1NCCc1c(F)cccc1Cl. The zero-order valence-electron chi connectivity index (χ0n) is 10.7. The maximum absolute atomic E-state index is 13.6. The molecule has 1 aromatic carbocycles. The average molecular weight is 329 g/mol. The second kappa shape index (κ2) is 6.69. The van der Waals surface area contributed by atoms with Gasteiger partial charge in [0.15, 0.2) is 0 Å². The van der Waals surface area contributed by atoms with E-state index in [2.05, 4.69) is 15.3 Å². The topological polar surface area (TPSA) is 80.9 Å². The molecular formula is C13H11Cl2FN4O. The van der Waals surface area contributed by atoms with Crippen LogP contribution in [0.5, 0.6) is 0 Å². The van der Waals surface area contributed by atoms with Gasteiger partial charge in [0.05, 0.1) is 5.56 Å². The molecule has 0 saturated carbocycles. The van der Waals surface area contributed by atoms with E-state index in [4.69, 9.17) is 28.9 Å². The molecule has 2 rings (SSSR count). The number of rotatable bonds is 5. The number of carbonyl (C=O) groups is 1. The van der Waals surface area contributed by atoms with Gasteiger partial charge in [-0.2, -0.15) is 4.98 Å². The lowest BCUT2D eigenvalue weighted by Gasteiger charge is -2.10. The lowest BCUT2D eigenvalue weighted by molar-refractivity contribution is 0.100. The standard InChI is InChI=1S/C13H11Cl2FN4O/c14-9-2-1-3-10(16)7(9)4-5-18-12-8(11(17)21)6-19-13(15)20-12/h1-3,6H,4-5H2,(H2,17,21)(H,18,19,20). The van der Waals surface area contributed by atoms with Gasteiger partial charge in [0.1, 0.15) is 11.6 Å². The maximum atomic E-state index is 13.6. The van der Waals surface area contributed by atoms with Gasteiger partial charge in [0, 0.05) is 23.3 Å². The Morgan fingerprint density at radius 2 is 2.14 bits per heavy atom. The van der Waals surface area contributed by atoms with Crippen LogP contribution in [0.25, 0.3) is 0 Å². The van der Waals surface area contributed by atoms with Gasteiger partial charge in [-0.1, -0.05) is 17.7 Å². The van der Waals surface area contributed by atoms with Crippen molar-refractivity contribution in [3.63, 3.8) is 0 Å². The first kappa shape index (κ1) is 15.5.